The van der Waals surface area contributed by atoms with Gasteiger partial charge in [0, 0.05) is 17.7 Å². The highest BCUT2D eigenvalue weighted by atomic mass is 16.7. The van der Waals surface area contributed by atoms with Crippen LogP contribution in [0.15, 0.2) is 59.3 Å². The fraction of sp³-hybridized carbons (Fsp3) is 0.0588. The summed E-state index contributed by atoms with van der Waals surface area (Å²) in [6, 6.07) is 13.5. The lowest BCUT2D eigenvalue weighted by atomic mass is 9.97. The quantitative estimate of drug-likeness (QED) is 0.377. The van der Waals surface area contributed by atoms with Gasteiger partial charge in [-0.1, -0.05) is 41.6 Å². The predicted molar refractivity (Wildman–Crippen MR) is 84.9 cm³/mol. The Kier molecular flexibility index (Phi) is 3.72. The molecule has 0 unspecified atom stereocenters. The van der Waals surface area contributed by atoms with Gasteiger partial charge in [-0.25, -0.2) is 4.79 Å². The van der Waals surface area contributed by atoms with Crippen molar-refractivity contribution in [2.24, 2.45) is 5.16 Å². The van der Waals surface area contributed by atoms with Crippen LogP contribution in [0, 0.1) is 17.0 Å². The van der Waals surface area contributed by atoms with Gasteiger partial charge in [0.1, 0.15) is 5.71 Å². The average Bonchev–Trinajstić information content (AvgIpc) is 2.89. The Morgan fingerprint density at radius 3 is 2.70 bits per heavy atom. The SMILES string of the molecule is Cc1ccccc1C1=NOC(=O)/C1=C\c1cccc([N+](=O)[O-])c1. The number of oxime groups is 1. The van der Waals surface area contributed by atoms with Crippen molar-refractivity contribution in [1.82, 2.24) is 0 Å². The van der Waals surface area contributed by atoms with Crippen LogP contribution in [-0.4, -0.2) is 16.6 Å². The van der Waals surface area contributed by atoms with Crippen molar-refractivity contribution in [3.8, 4) is 0 Å². The zero-order valence-electron chi connectivity index (χ0n) is 12.2. The molecule has 114 valence electrons. The Hall–Kier alpha value is -3.28. The molecule has 1 aliphatic heterocycles. The fourth-order valence-electron chi connectivity index (χ4n) is 2.34. The van der Waals surface area contributed by atoms with Gasteiger partial charge in [0.25, 0.3) is 5.69 Å². The van der Waals surface area contributed by atoms with E-state index in [-0.39, 0.29) is 11.3 Å². The summed E-state index contributed by atoms with van der Waals surface area (Å²) in [6.45, 7) is 1.91. The lowest BCUT2D eigenvalue weighted by Crippen LogP contribution is -2.08. The maximum absolute atomic E-state index is 12.0. The number of non-ortho nitro benzene ring substituents is 1. The van der Waals surface area contributed by atoms with Crippen LogP contribution >= 0.6 is 0 Å². The summed E-state index contributed by atoms with van der Waals surface area (Å²) in [7, 11) is 0. The van der Waals surface area contributed by atoms with E-state index >= 15 is 0 Å². The summed E-state index contributed by atoms with van der Waals surface area (Å²) in [5.41, 5.74) is 2.94. The molecule has 2 aromatic rings. The van der Waals surface area contributed by atoms with Gasteiger partial charge in [-0.2, -0.15) is 0 Å². The number of carbonyl (C=O) groups is 1. The highest BCUT2D eigenvalue weighted by Gasteiger charge is 2.27. The van der Waals surface area contributed by atoms with Crippen LogP contribution in [0.1, 0.15) is 16.7 Å². The Balaban J connectivity index is 2.05. The van der Waals surface area contributed by atoms with E-state index in [2.05, 4.69) is 5.16 Å². The van der Waals surface area contributed by atoms with Gasteiger partial charge in [-0.15, -0.1) is 0 Å². The normalized spacial score (nSPS) is 15.4. The molecule has 6 heteroatoms. The number of aryl methyl sites for hydroxylation is 1. The highest BCUT2D eigenvalue weighted by molar-refractivity contribution is 6.31. The van der Waals surface area contributed by atoms with E-state index in [1.54, 1.807) is 18.2 Å². The van der Waals surface area contributed by atoms with Gasteiger partial charge < -0.3 is 4.84 Å². The molecule has 0 N–H and O–H groups in total. The van der Waals surface area contributed by atoms with E-state index in [9.17, 15) is 14.9 Å². The lowest BCUT2D eigenvalue weighted by molar-refractivity contribution is -0.384. The summed E-state index contributed by atoms with van der Waals surface area (Å²) in [4.78, 5) is 27.1. The third kappa shape index (κ3) is 2.87. The monoisotopic (exact) mass is 308 g/mol. The van der Waals surface area contributed by atoms with Gasteiger partial charge in [0.15, 0.2) is 0 Å². The van der Waals surface area contributed by atoms with E-state index in [0.717, 1.165) is 11.1 Å². The molecule has 0 aromatic heterocycles. The number of rotatable bonds is 3. The third-order valence-electron chi connectivity index (χ3n) is 3.49. The van der Waals surface area contributed by atoms with Crippen LogP contribution in [0.25, 0.3) is 6.08 Å². The zero-order valence-corrected chi connectivity index (χ0v) is 12.2. The fourth-order valence-corrected chi connectivity index (χ4v) is 2.34. The summed E-state index contributed by atoms with van der Waals surface area (Å²) in [6.07, 6.45) is 1.55. The highest BCUT2D eigenvalue weighted by Crippen LogP contribution is 2.24. The zero-order chi connectivity index (χ0) is 16.4. The Morgan fingerprint density at radius 1 is 1.17 bits per heavy atom. The maximum Gasteiger partial charge on any atom is 0.368 e. The Bertz CT molecular complexity index is 868. The second-order valence-corrected chi connectivity index (χ2v) is 5.04. The smallest absolute Gasteiger partial charge is 0.312 e. The average molecular weight is 308 g/mol. The second kappa shape index (κ2) is 5.84. The molecule has 0 saturated heterocycles. The Morgan fingerprint density at radius 2 is 1.96 bits per heavy atom. The van der Waals surface area contributed by atoms with E-state index in [4.69, 9.17) is 4.84 Å². The van der Waals surface area contributed by atoms with E-state index in [1.807, 2.05) is 31.2 Å². The number of benzene rings is 2. The first-order chi connectivity index (χ1) is 11.1. The van der Waals surface area contributed by atoms with Crippen molar-refractivity contribution < 1.29 is 14.6 Å². The molecule has 1 aliphatic rings. The van der Waals surface area contributed by atoms with Crippen molar-refractivity contribution in [2.45, 2.75) is 6.92 Å². The molecule has 0 fully saturated rings. The number of hydrogen-bond donors (Lipinski definition) is 0. The van der Waals surface area contributed by atoms with Crippen molar-refractivity contribution >= 4 is 23.4 Å². The summed E-state index contributed by atoms with van der Waals surface area (Å²) in [5, 5.41) is 14.7. The molecule has 2 aromatic carbocycles. The molecule has 0 radical (unpaired) electrons. The molecule has 0 saturated carbocycles. The van der Waals surface area contributed by atoms with Crippen LogP contribution in [0.5, 0.6) is 0 Å². The molecular weight excluding hydrogens is 296 g/mol. The van der Waals surface area contributed by atoms with Crippen LogP contribution in [0.4, 0.5) is 5.69 Å². The molecule has 6 nitrogen and oxygen atoms in total. The molecule has 0 amide bonds. The van der Waals surface area contributed by atoms with E-state index in [0.29, 0.717) is 11.3 Å². The van der Waals surface area contributed by atoms with Crippen molar-refractivity contribution in [3.05, 3.63) is 80.9 Å². The standard InChI is InChI=1S/C17H12N2O4/c1-11-5-2-3-8-14(11)16-15(17(20)23-18-16)10-12-6-4-7-13(9-12)19(21)22/h2-10H,1H3/b15-10-. The number of nitrogens with zero attached hydrogens (tertiary/aromatic N) is 2. The summed E-state index contributed by atoms with van der Waals surface area (Å²) < 4.78 is 0. The van der Waals surface area contributed by atoms with Gasteiger partial charge >= 0.3 is 5.97 Å². The first-order valence-corrected chi connectivity index (χ1v) is 6.88. The molecule has 0 aliphatic carbocycles. The largest absolute Gasteiger partial charge is 0.368 e. The number of carbonyl (C=O) groups excluding carboxylic acids is 1. The van der Waals surface area contributed by atoms with Crippen molar-refractivity contribution in [1.29, 1.82) is 0 Å². The molecule has 0 atom stereocenters. The predicted octanol–water partition coefficient (Wildman–Crippen LogP) is 3.25. The third-order valence-corrected chi connectivity index (χ3v) is 3.49. The van der Waals surface area contributed by atoms with E-state index < -0.39 is 10.9 Å². The van der Waals surface area contributed by atoms with Gasteiger partial charge in [-0.3, -0.25) is 10.1 Å². The molecule has 1 heterocycles. The summed E-state index contributed by atoms with van der Waals surface area (Å²) >= 11 is 0. The van der Waals surface area contributed by atoms with Crippen LogP contribution < -0.4 is 0 Å². The molecule has 23 heavy (non-hydrogen) atoms. The van der Waals surface area contributed by atoms with Crippen LogP contribution in [-0.2, 0) is 9.63 Å². The summed E-state index contributed by atoms with van der Waals surface area (Å²) in [5.74, 6) is -0.574. The van der Waals surface area contributed by atoms with Gasteiger partial charge in [0.05, 0.1) is 10.5 Å². The van der Waals surface area contributed by atoms with Crippen molar-refractivity contribution in [2.75, 3.05) is 0 Å². The first-order valence-electron chi connectivity index (χ1n) is 6.88. The lowest BCUT2D eigenvalue weighted by Gasteiger charge is -2.04. The minimum atomic E-state index is -0.574. The molecule has 0 spiro atoms. The van der Waals surface area contributed by atoms with Crippen molar-refractivity contribution in [3.63, 3.8) is 0 Å². The van der Waals surface area contributed by atoms with Gasteiger partial charge in [0.2, 0.25) is 0 Å². The molecule has 0 bridgehead atoms. The van der Waals surface area contributed by atoms with Crippen LogP contribution in [0.3, 0.4) is 0 Å². The van der Waals surface area contributed by atoms with E-state index in [1.165, 1.54) is 12.1 Å². The number of hydrogen-bond acceptors (Lipinski definition) is 5. The topological polar surface area (TPSA) is 81.8 Å². The number of nitro groups is 1. The second-order valence-electron chi connectivity index (χ2n) is 5.04. The maximum atomic E-state index is 12.0. The molecular formula is C17H12N2O4. The van der Waals surface area contributed by atoms with Gasteiger partial charge in [-0.05, 0) is 24.1 Å². The molecule has 3 rings (SSSR count). The van der Waals surface area contributed by atoms with Crippen LogP contribution in [0.2, 0.25) is 0 Å². The minimum Gasteiger partial charge on any atom is -0.312 e. The Labute approximate surface area is 131 Å². The first kappa shape index (κ1) is 14.6. The number of nitro benzene ring substituents is 1. The minimum absolute atomic E-state index is 0.0416.